The van der Waals surface area contributed by atoms with Crippen molar-refractivity contribution < 1.29 is 5.11 Å². The lowest BCUT2D eigenvalue weighted by Gasteiger charge is -2.46. The second-order valence-electron chi connectivity index (χ2n) is 6.58. The smallest absolute Gasteiger partial charge is 0.0540 e. The topological polar surface area (TPSA) is 46.2 Å². The van der Waals surface area contributed by atoms with E-state index in [1.807, 2.05) is 0 Å². The fourth-order valence-electron chi connectivity index (χ4n) is 4.90. The van der Waals surface area contributed by atoms with Gasteiger partial charge in [-0.25, -0.2) is 0 Å². The first-order chi connectivity index (χ1) is 7.73. The minimum absolute atomic E-state index is 0.0433. The molecule has 0 heterocycles. The molecule has 3 rings (SSSR count). The van der Waals surface area contributed by atoms with Crippen LogP contribution in [0.25, 0.3) is 0 Å². The second-order valence-corrected chi connectivity index (χ2v) is 6.58. The molecule has 2 heteroatoms. The maximum absolute atomic E-state index is 9.67. The van der Waals surface area contributed by atoms with E-state index in [0.717, 1.165) is 37.1 Å². The van der Waals surface area contributed by atoms with E-state index in [1.54, 1.807) is 0 Å². The van der Waals surface area contributed by atoms with Crippen molar-refractivity contribution in [2.45, 2.75) is 57.5 Å². The molecule has 0 amide bonds. The summed E-state index contributed by atoms with van der Waals surface area (Å²) in [7, 11) is 0. The van der Waals surface area contributed by atoms with E-state index in [9.17, 15) is 5.11 Å². The zero-order chi connectivity index (χ0) is 11.2. The van der Waals surface area contributed by atoms with E-state index < -0.39 is 0 Å². The molecule has 3 fully saturated rings. The Kier molecular flexibility index (Phi) is 2.75. The van der Waals surface area contributed by atoms with Crippen molar-refractivity contribution in [3.63, 3.8) is 0 Å². The highest BCUT2D eigenvalue weighted by Gasteiger charge is 2.50. The first-order valence-electron chi connectivity index (χ1n) is 7.12. The Morgan fingerprint density at radius 1 is 1.06 bits per heavy atom. The molecule has 16 heavy (non-hydrogen) atoms. The van der Waals surface area contributed by atoms with E-state index in [1.165, 1.54) is 38.5 Å². The molecule has 0 aromatic rings. The van der Waals surface area contributed by atoms with E-state index in [2.05, 4.69) is 0 Å². The van der Waals surface area contributed by atoms with Crippen molar-refractivity contribution in [2.75, 3.05) is 6.54 Å². The normalized spacial score (nSPS) is 52.1. The molecule has 0 aliphatic heterocycles. The first-order valence-corrected chi connectivity index (χ1v) is 7.12. The predicted octanol–water partition coefficient (Wildman–Crippen LogP) is 2.30. The zero-order valence-corrected chi connectivity index (χ0v) is 10.2. The Hall–Kier alpha value is -0.0800. The van der Waals surface area contributed by atoms with Crippen molar-refractivity contribution in [3.05, 3.63) is 0 Å². The van der Waals surface area contributed by atoms with Gasteiger partial charge in [0.05, 0.1) is 6.10 Å². The number of aliphatic hydroxyl groups excluding tert-OH is 1. The van der Waals surface area contributed by atoms with Crippen molar-refractivity contribution >= 4 is 0 Å². The quantitative estimate of drug-likeness (QED) is 0.754. The van der Waals surface area contributed by atoms with Crippen molar-refractivity contribution in [3.8, 4) is 0 Å². The van der Waals surface area contributed by atoms with Gasteiger partial charge in [0, 0.05) is 0 Å². The van der Waals surface area contributed by atoms with E-state index in [4.69, 9.17) is 5.73 Å². The Morgan fingerprint density at radius 3 is 2.31 bits per heavy atom. The lowest BCUT2D eigenvalue weighted by Crippen LogP contribution is -2.44. The van der Waals surface area contributed by atoms with Gasteiger partial charge in [-0.1, -0.05) is 6.42 Å². The fraction of sp³-hybridized carbons (Fsp3) is 1.00. The van der Waals surface area contributed by atoms with Gasteiger partial charge in [0.15, 0.2) is 0 Å². The summed E-state index contributed by atoms with van der Waals surface area (Å²) in [5, 5.41) is 9.67. The van der Waals surface area contributed by atoms with E-state index in [0.29, 0.717) is 5.41 Å². The van der Waals surface area contributed by atoms with Gasteiger partial charge in [-0.05, 0) is 74.7 Å². The van der Waals surface area contributed by atoms with Crippen LogP contribution in [-0.2, 0) is 0 Å². The van der Waals surface area contributed by atoms with Crippen LogP contribution in [0.3, 0.4) is 0 Å². The number of nitrogens with two attached hydrogens (primary N) is 1. The van der Waals surface area contributed by atoms with Gasteiger partial charge >= 0.3 is 0 Å². The number of rotatable bonds is 2. The van der Waals surface area contributed by atoms with Gasteiger partial charge in [-0.2, -0.15) is 0 Å². The largest absolute Gasteiger partial charge is 0.393 e. The third-order valence-electron chi connectivity index (χ3n) is 5.88. The van der Waals surface area contributed by atoms with E-state index >= 15 is 0 Å². The highest BCUT2D eigenvalue weighted by Crippen LogP contribution is 2.58. The highest BCUT2D eigenvalue weighted by molar-refractivity contribution is 5.01. The SMILES string of the molecule is NCC1(C2CC3CCC2C3)CCC(O)CC1. The second kappa shape index (κ2) is 3.99. The molecule has 2 bridgehead atoms. The third kappa shape index (κ3) is 1.62. The zero-order valence-electron chi connectivity index (χ0n) is 10.2. The summed E-state index contributed by atoms with van der Waals surface area (Å²) in [5.41, 5.74) is 6.52. The Balaban J connectivity index is 1.75. The van der Waals surface area contributed by atoms with Crippen LogP contribution in [0.1, 0.15) is 51.4 Å². The predicted molar refractivity (Wildman–Crippen MR) is 64.9 cm³/mol. The summed E-state index contributed by atoms with van der Waals surface area (Å²) in [6.07, 6.45) is 10.2. The minimum atomic E-state index is -0.0433. The summed E-state index contributed by atoms with van der Waals surface area (Å²) in [6, 6.07) is 0. The summed E-state index contributed by atoms with van der Waals surface area (Å²) >= 11 is 0. The minimum Gasteiger partial charge on any atom is -0.393 e. The van der Waals surface area contributed by atoms with E-state index in [-0.39, 0.29) is 6.10 Å². The maximum Gasteiger partial charge on any atom is 0.0540 e. The number of fused-ring (bicyclic) bond motifs is 2. The first kappa shape index (κ1) is 11.0. The van der Waals surface area contributed by atoms with Crippen molar-refractivity contribution in [2.24, 2.45) is 28.9 Å². The van der Waals surface area contributed by atoms with Crippen LogP contribution in [0.2, 0.25) is 0 Å². The van der Waals surface area contributed by atoms with Crippen LogP contribution >= 0.6 is 0 Å². The Bertz CT molecular complexity index is 257. The molecule has 2 nitrogen and oxygen atoms in total. The number of aliphatic hydroxyl groups is 1. The van der Waals surface area contributed by atoms with Crippen LogP contribution in [0.4, 0.5) is 0 Å². The van der Waals surface area contributed by atoms with Crippen LogP contribution < -0.4 is 5.73 Å². The molecule has 3 aliphatic rings. The van der Waals surface area contributed by atoms with Crippen LogP contribution in [-0.4, -0.2) is 17.8 Å². The average Bonchev–Trinajstić information content (AvgIpc) is 2.93. The monoisotopic (exact) mass is 223 g/mol. The summed E-state index contributed by atoms with van der Waals surface area (Å²) in [6.45, 7) is 0.855. The van der Waals surface area contributed by atoms with Gasteiger partial charge in [0.1, 0.15) is 0 Å². The lowest BCUT2D eigenvalue weighted by molar-refractivity contribution is 0.0102. The van der Waals surface area contributed by atoms with Gasteiger partial charge < -0.3 is 10.8 Å². The highest BCUT2D eigenvalue weighted by atomic mass is 16.3. The molecule has 3 atom stereocenters. The Labute approximate surface area is 98.6 Å². The molecule has 0 aromatic heterocycles. The molecular formula is C14H25NO. The van der Waals surface area contributed by atoms with Crippen molar-refractivity contribution in [1.82, 2.24) is 0 Å². The molecule has 3 unspecified atom stereocenters. The van der Waals surface area contributed by atoms with Gasteiger partial charge in [0.25, 0.3) is 0 Å². The maximum atomic E-state index is 9.67. The van der Waals surface area contributed by atoms with Gasteiger partial charge in [-0.3, -0.25) is 0 Å². The molecular weight excluding hydrogens is 198 g/mol. The summed E-state index contributed by atoms with van der Waals surface area (Å²) < 4.78 is 0. The lowest BCUT2D eigenvalue weighted by atomic mass is 9.61. The molecule has 3 saturated carbocycles. The van der Waals surface area contributed by atoms with Crippen LogP contribution in [0.15, 0.2) is 0 Å². The van der Waals surface area contributed by atoms with Gasteiger partial charge in [0.2, 0.25) is 0 Å². The molecule has 3 N–H and O–H groups in total. The van der Waals surface area contributed by atoms with Crippen molar-refractivity contribution in [1.29, 1.82) is 0 Å². The van der Waals surface area contributed by atoms with Gasteiger partial charge in [-0.15, -0.1) is 0 Å². The van der Waals surface area contributed by atoms with Crippen LogP contribution in [0.5, 0.6) is 0 Å². The van der Waals surface area contributed by atoms with Crippen LogP contribution in [0, 0.1) is 23.2 Å². The summed E-state index contributed by atoms with van der Waals surface area (Å²) in [4.78, 5) is 0. The fourth-order valence-corrected chi connectivity index (χ4v) is 4.90. The molecule has 3 aliphatic carbocycles. The molecule has 0 spiro atoms. The average molecular weight is 223 g/mol. The summed E-state index contributed by atoms with van der Waals surface area (Å²) in [5.74, 6) is 2.89. The molecule has 0 saturated heterocycles. The molecule has 0 radical (unpaired) electrons. The Morgan fingerprint density at radius 2 is 1.81 bits per heavy atom. The number of hydrogen-bond acceptors (Lipinski definition) is 2. The molecule has 92 valence electrons. The number of hydrogen-bond donors (Lipinski definition) is 2. The standard InChI is InChI=1S/C14H25NO/c15-9-14(5-3-12(16)4-6-14)13-8-10-1-2-11(13)7-10/h10-13,16H,1-9,15H2. The third-order valence-corrected chi connectivity index (χ3v) is 5.88. The molecule has 0 aromatic carbocycles.